The highest BCUT2D eigenvalue weighted by molar-refractivity contribution is 9.09. The van der Waals surface area contributed by atoms with Crippen LogP contribution in [0.1, 0.15) is 5.56 Å². The van der Waals surface area contributed by atoms with Crippen molar-refractivity contribution < 1.29 is 14.3 Å². The van der Waals surface area contributed by atoms with E-state index in [0.29, 0.717) is 6.42 Å². The van der Waals surface area contributed by atoms with Crippen molar-refractivity contribution in [2.45, 2.75) is 12.5 Å². The van der Waals surface area contributed by atoms with Crippen LogP contribution in [0.5, 0.6) is 0 Å². The molecule has 1 aromatic carbocycles. The van der Waals surface area contributed by atoms with Crippen LogP contribution in [0.25, 0.3) is 0 Å². The summed E-state index contributed by atoms with van der Waals surface area (Å²) in [5.74, 6) is -0.713. The van der Waals surface area contributed by atoms with Gasteiger partial charge < -0.3 is 10.1 Å². The van der Waals surface area contributed by atoms with E-state index in [4.69, 9.17) is 4.74 Å². The van der Waals surface area contributed by atoms with Crippen LogP contribution >= 0.6 is 15.9 Å². The predicted molar refractivity (Wildman–Crippen MR) is 77.0 cm³/mol. The summed E-state index contributed by atoms with van der Waals surface area (Å²) in [6, 6.07) is 8.77. The quantitative estimate of drug-likeness (QED) is 0.473. The smallest absolute Gasteiger partial charge is 0.329 e. The maximum atomic E-state index is 11.9. The number of benzene rings is 1. The first-order valence-electron chi connectivity index (χ1n) is 5.84. The van der Waals surface area contributed by atoms with E-state index in [2.05, 4.69) is 27.8 Å². The summed E-state index contributed by atoms with van der Waals surface area (Å²) in [5, 5.41) is 2.78. The number of rotatable bonds is 7. The summed E-state index contributed by atoms with van der Waals surface area (Å²) < 4.78 is 4.98. The highest BCUT2D eigenvalue weighted by Crippen LogP contribution is 2.05. The summed E-state index contributed by atoms with van der Waals surface area (Å²) in [6.07, 6.45) is 1.89. The lowest BCUT2D eigenvalue weighted by atomic mass is 10.1. The molecule has 0 heterocycles. The van der Waals surface area contributed by atoms with Crippen molar-refractivity contribution in [3.63, 3.8) is 0 Å². The zero-order chi connectivity index (χ0) is 14.1. The number of ether oxygens (including phenoxy) is 1. The van der Waals surface area contributed by atoms with Crippen LogP contribution in [0.15, 0.2) is 43.0 Å². The van der Waals surface area contributed by atoms with E-state index >= 15 is 0 Å². The van der Waals surface area contributed by atoms with Gasteiger partial charge in [0.1, 0.15) is 12.6 Å². The van der Waals surface area contributed by atoms with Crippen molar-refractivity contribution in [2.75, 3.05) is 11.9 Å². The molecule has 0 aromatic heterocycles. The van der Waals surface area contributed by atoms with Crippen LogP contribution in [0.3, 0.4) is 0 Å². The van der Waals surface area contributed by atoms with E-state index in [0.717, 1.165) is 5.56 Å². The zero-order valence-electron chi connectivity index (χ0n) is 10.5. The Kier molecular flexibility index (Phi) is 6.89. The molecule has 5 heteroatoms. The molecule has 0 fully saturated rings. The number of hydrogen-bond acceptors (Lipinski definition) is 3. The van der Waals surface area contributed by atoms with Gasteiger partial charge in [-0.25, -0.2) is 4.79 Å². The molecule has 1 amide bonds. The molecule has 0 aliphatic heterocycles. The van der Waals surface area contributed by atoms with E-state index in [1.165, 1.54) is 6.08 Å². The predicted octanol–water partition coefficient (Wildman–Crippen LogP) is 1.84. The standard InChI is InChI=1S/C14H16BrNO3/c1-2-8-19-14(18)12(16-13(17)10-15)9-11-6-4-3-5-7-11/h2-7,12H,1,8-10H2,(H,16,17). The Bertz CT molecular complexity index is 434. The lowest BCUT2D eigenvalue weighted by Crippen LogP contribution is -2.43. The minimum absolute atomic E-state index is 0.133. The fourth-order valence-electron chi connectivity index (χ4n) is 1.52. The van der Waals surface area contributed by atoms with Gasteiger partial charge in [0, 0.05) is 6.42 Å². The average Bonchev–Trinajstić information content (AvgIpc) is 2.44. The van der Waals surface area contributed by atoms with Crippen LogP contribution in [-0.4, -0.2) is 29.9 Å². The van der Waals surface area contributed by atoms with E-state index < -0.39 is 12.0 Å². The average molecular weight is 326 g/mol. The molecule has 1 N–H and O–H groups in total. The van der Waals surface area contributed by atoms with Gasteiger partial charge in [-0.3, -0.25) is 4.79 Å². The lowest BCUT2D eigenvalue weighted by Gasteiger charge is -2.16. The first kappa shape index (κ1) is 15.4. The number of esters is 1. The molecule has 1 unspecified atom stereocenters. The van der Waals surface area contributed by atoms with Gasteiger partial charge in [-0.1, -0.05) is 58.9 Å². The molecule has 1 rings (SSSR count). The number of carbonyl (C=O) groups is 2. The van der Waals surface area contributed by atoms with Crippen LogP contribution < -0.4 is 5.32 Å². The Hall–Kier alpha value is -1.62. The van der Waals surface area contributed by atoms with Crippen LogP contribution in [0.4, 0.5) is 0 Å². The van der Waals surface area contributed by atoms with Crippen molar-refractivity contribution in [1.29, 1.82) is 0 Å². The van der Waals surface area contributed by atoms with Crippen molar-refractivity contribution in [2.24, 2.45) is 0 Å². The summed E-state index contributed by atoms with van der Waals surface area (Å²) in [6.45, 7) is 3.61. The topological polar surface area (TPSA) is 55.4 Å². The van der Waals surface area contributed by atoms with Gasteiger partial charge in [0.25, 0.3) is 0 Å². The number of carbonyl (C=O) groups excluding carboxylic acids is 2. The minimum atomic E-state index is -0.688. The first-order valence-corrected chi connectivity index (χ1v) is 6.96. The molecule has 102 valence electrons. The summed E-state index contributed by atoms with van der Waals surface area (Å²) in [5.41, 5.74) is 0.956. The Morgan fingerprint density at radius 3 is 2.63 bits per heavy atom. The van der Waals surface area contributed by atoms with Gasteiger partial charge in [-0.15, -0.1) is 0 Å². The largest absolute Gasteiger partial charge is 0.460 e. The molecular formula is C14H16BrNO3. The maximum Gasteiger partial charge on any atom is 0.329 e. The van der Waals surface area contributed by atoms with E-state index in [1.54, 1.807) is 0 Å². The Morgan fingerprint density at radius 1 is 1.37 bits per heavy atom. The molecule has 19 heavy (non-hydrogen) atoms. The summed E-state index contributed by atoms with van der Waals surface area (Å²) >= 11 is 3.05. The number of nitrogens with one attached hydrogen (secondary N) is 1. The molecule has 1 aromatic rings. The van der Waals surface area contributed by atoms with Crippen molar-refractivity contribution in [1.82, 2.24) is 5.32 Å². The number of halogens is 1. The van der Waals surface area contributed by atoms with Crippen molar-refractivity contribution >= 4 is 27.8 Å². The third-order valence-electron chi connectivity index (χ3n) is 2.37. The second kappa shape index (κ2) is 8.48. The molecule has 0 spiro atoms. The second-order valence-electron chi connectivity index (χ2n) is 3.86. The van der Waals surface area contributed by atoms with Gasteiger partial charge in [0.2, 0.25) is 5.91 Å². The van der Waals surface area contributed by atoms with Crippen molar-refractivity contribution in [3.8, 4) is 0 Å². The molecule has 0 aliphatic rings. The Balaban J connectivity index is 2.71. The molecule has 4 nitrogen and oxygen atoms in total. The summed E-state index contributed by atoms with van der Waals surface area (Å²) in [4.78, 5) is 23.3. The molecule has 0 bridgehead atoms. The van der Waals surface area contributed by atoms with E-state index in [9.17, 15) is 9.59 Å². The third kappa shape index (κ3) is 5.70. The molecule has 1 atom stereocenters. The van der Waals surface area contributed by atoms with Gasteiger partial charge in [0.15, 0.2) is 0 Å². The normalized spacial score (nSPS) is 11.4. The van der Waals surface area contributed by atoms with E-state index in [1.807, 2.05) is 30.3 Å². The molecular weight excluding hydrogens is 310 g/mol. The van der Waals surface area contributed by atoms with Crippen molar-refractivity contribution in [3.05, 3.63) is 48.6 Å². The number of hydrogen-bond donors (Lipinski definition) is 1. The Labute approximate surface area is 121 Å². The number of amides is 1. The minimum Gasteiger partial charge on any atom is -0.460 e. The molecule has 0 aliphatic carbocycles. The third-order valence-corrected chi connectivity index (χ3v) is 2.88. The maximum absolute atomic E-state index is 11.9. The SMILES string of the molecule is C=CCOC(=O)C(Cc1ccccc1)NC(=O)CBr. The highest BCUT2D eigenvalue weighted by atomic mass is 79.9. The van der Waals surface area contributed by atoms with Crippen LogP contribution in [0.2, 0.25) is 0 Å². The molecule has 0 radical (unpaired) electrons. The van der Waals surface area contributed by atoms with Crippen LogP contribution in [0, 0.1) is 0 Å². The fourth-order valence-corrected chi connectivity index (χ4v) is 1.68. The first-order chi connectivity index (χ1) is 9.17. The van der Waals surface area contributed by atoms with E-state index in [-0.39, 0.29) is 17.8 Å². The summed E-state index contributed by atoms with van der Waals surface area (Å²) in [7, 11) is 0. The fraction of sp³-hybridized carbons (Fsp3) is 0.286. The Morgan fingerprint density at radius 2 is 2.05 bits per heavy atom. The molecule has 0 saturated heterocycles. The van der Waals surface area contributed by atoms with Gasteiger partial charge in [-0.2, -0.15) is 0 Å². The van der Waals surface area contributed by atoms with Crippen LogP contribution in [-0.2, 0) is 20.7 Å². The number of alkyl halides is 1. The van der Waals surface area contributed by atoms with Gasteiger partial charge in [-0.05, 0) is 5.56 Å². The highest BCUT2D eigenvalue weighted by Gasteiger charge is 2.21. The lowest BCUT2D eigenvalue weighted by molar-refractivity contribution is -0.146. The molecule has 0 saturated carbocycles. The van der Waals surface area contributed by atoms with Gasteiger partial charge >= 0.3 is 5.97 Å². The second-order valence-corrected chi connectivity index (χ2v) is 4.42. The monoisotopic (exact) mass is 325 g/mol. The zero-order valence-corrected chi connectivity index (χ0v) is 12.1. The van der Waals surface area contributed by atoms with Gasteiger partial charge in [0.05, 0.1) is 5.33 Å².